The molecule has 0 saturated carbocycles. The summed E-state index contributed by atoms with van der Waals surface area (Å²) in [6.07, 6.45) is 5.08. The molecule has 0 amide bonds. The van der Waals surface area contributed by atoms with E-state index < -0.39 is 10.0 Å². The number of hydrogen-bond acceptors (Lipinski definition) is 6. The summed E-state index contributed by atoms with van der Waals surface area (Å²) in [5.41, 5.74) is 3.75. The molecular formula is C22H23N5O2S. The smallest absolute Gasteiger partial charge is 0.236 e. The lowest BCUT2D eigenvalue weighted by molar-refractivity contribution is 0.388. The van der Waals surface area contributed by atoms with Crippen molar-refractivity contribution in [2.75, 3.05) is 31.1 Å². The molecule has 1 fully saturated rings. The Labute approximate surface area is 176 Å². The Kier molecular flexibility index (Phi) is 5.87. The zero-order valence-corrected chi connectivity index (χ0v) is 17.5. The van der Waals surface area contributed by atoms with E-state index in [0.29, 0.717) is 26.2 Å². The van der Waals surface area contributed by atoms with Crippen molar-refractivity contribution < 1.29 is 8.42 Å². The van der Waals surface area contributed by atoms with Crippen molar-refractivity contribution in [2.24, 2.45) is 0 Å². The molecule has 1 saturated heterocycles. The highest BCUT2D eigenvalue weighted by molar-refractivity contribution is 7.92. The number of rotatable bonds is 5. The van der Waals surface area contributed by atoms with Crippen molar-refractivity contribution in [3.8, 4) is 11.3 Å². The average Bonchev–Trinajstić information content (AvgIpc) is 2.80. The third-order valence-corrected chi connectivity index (χ3v) is 6.62. The normalized spacial score (nSPS) is 15.6. The molecule has 7 nitrogen and oxygen atoms in total. The van der Waals surface area contributed by atoms with Crippen LogP contribution >= 0.6 is 0 Å². The van der Waals surface area contributed by atoms with Crippen LogP contribution in [0.2, 0.25) is 0 Å². The summed E-state index contributed by atoms with van der Waals surface area (Å²) in [4.78, 5) is 6.06. The van der Waals surface area contributed by atoms with E-state index in [9.17, 15) is 8.42 Å². The van der Waals surface area contributed by atoms with Gasteiger partial charge in [-0.1, -0.05) is 29.8 Å². The van der Waals surface area contributed by atoms with Gasteiger partial charge >= 0.3 is 0 Å². The van der Waals surface area contributed by atoms with E-state index in [1.54, 1.807) is 18.5 Å². The Morgan fingerprint density at radius 1 is 0.867 bits per heavy atom. The first-order chi connectivity index (χ1) is 14.5. The topological polar surface area (TPSA) is 79.3 Å². The molecule has 0 N–H and O–H groups in total. The fraction of sp³-hybridized carbons (Fsp3) is 0.227. The Balaban J connectivity index is 1.38. The predicted molar refractivity (Wildman–Crippen MR) is 118 cm³/mol. The number of aromatic nitrogens is 3. The molecule has 4 rings (SSSR count). The summed E-state index contributed by atoms with van der Waals surface area (Å²) in [5, 5.41) is 9.91. The Bertz CT molecular complexity index is 1110. The number of sulfonamides is 1. The molecule has 1 aliphatic rings. The Hall–Kier alpha value is -3.10. The van der Waals surface area contributed by atoms with E-state index in [0.717, 1.165) is 28.2 Å². The van der Waals surface area contributed by atoms with Gasteiger partial charge in [0.05, 0.1) is 5.69 Å². The van der Waals surface area contributed by atoms with Gasteiger partial charge in [0.1, 0.15) is 0 Å². The molecule has 0 bridgehead atoms. The van der Waals surface area contributed by atoms with Crippen molar-refractivity contribution >= 4 is 21.9 Å². The van der Waals surface area contributed by atoms with Gasteiger partial charge in [-0.15, -0.1) is 10.2 Å². The van der Waals surface area contributed by atoms with Gasteiger partial charge in [0.2, 0.25) is 10.0 Å². The number of pyridine rings is 1. The number of piperazine rings is 1. The van der Waals surface area contributed by atoms with E-state index in [-0.39, 0.29) is 0 Å². The second kappa shape index (κ2) is 8.73. The third kappa shape index (κ3) is 4.72. The summed E-state index contributed by atoms with van der Waals surface area (Å²) < 4.78 is 26.8. The Morgan fingerprint density at radius 2 is 1.57 bits per heavy atom. The van der Waals surface area contributed by atoms with Crippen molar-refractivity contribution in [3.63, 3.8) is 0 Å². The first-order valence-electron chi connectivity index (χ1n) is 9.75. The number of anilines is 1. The molecule has 2 aromatic heterocycles. The molecule has 3 heterocycles. The van der Waals surface area contributed by atoms with Crippen LogP contribution in [0.5, 0.6) is 0 Å². The van der Waals surface area contributed by atoms with Crippen LogP contribution in [-0.4, -0.2) is 54.1 Å². The van der Waals surface area contributed by atoms with Gasteiger partial charge in [-0.2, -0.15) is 4.31 Å². The molecule has 0 radical (unpaired) electrons. The first-order valence-corrected chi connectivity index (χ1v) is 11.3. The molecule has 1 aromatic carbocycles. The van der Waals surface area contributed by atoms with Crippen LogP contribution < -0.4 is 4.90 Å². The van der Waals surface area contributed by atoms with Gasteiger partial charge in [-0.05, 0) is 42.8 Å². The van der Waals surface area contributed by atoms with E-state index in [1.165, 1.54) is 9.71 Å². The highest BCUT2D eigenvalue weighted by Crippen LogP contribution is 2.20. The fourth-order valence-electron chi connectivity index (χ4n) is 3.27. The molecule has 30 heavy (non-hydrogen) atoms. The van der Waals surface area contributed by atoms with E-state index in [4.69, 9.17) is 0 Å². The maximum Gasteiger partial charge on any atom is 0.236 e. The second-order valence-corrected chi connectivity index (χ2v) is 8.98. The lowest BCUT2D eigenvalue weighted by Crippen LogP contribution is -2.48. The van der Waals surface area contributed by atoms with Crippen molar-refractivity contribution in [3.05, 3.63) is 77.5 Å². The van der Waals surface area contributed by atoms with Crippen molar-refractivity contribution in [2.45, 2.75) is 6.92 Å². The summed E-state index contributed by atoms with van der Waals surface area (Å²) >= 11 is 0. The molecule has 0 aliphatic carbocycles. The molecule has 0 unspecified atom stereocenters. The van der Waals surface area contributed by atoms with Crippen LogP contribution in [0.25, 0.3) is 17.3 Å². The van der Waals surface area contributed by atoms with Gasteiger partial charge < -0.3 is 4.90 Å². The highest BCUT2D eigenvalue weighted by atomic mass is 32.2. The van der Waals surface area contributed by atoms with Crippen LogP contribution in [0.15, 0.2) is 66.3 Å². The predicted octanol–water partition coefficient (Wildman–Crippen LogP) is 2.97. The molecule has 3 aromatic rings. The number of benzene rings is 1. The fourth-order valence-corrected chi connectivity index (χ4v) is 4.44. The SMILES string of the molecule is Cc1ccc(C=CS(=O)(=O)N2CCN(c3ccc(-c4ccncc4)nn3)CC2)cc1. The molecule has 1 aliphatic heterocycles. The monoisotopic (exact) mass is 421 g/mol. The van der Waals surface area contributed by atoms with Crippen LogP contribution in [-0.2, 0) is 10.0 Å². The van der Waals surface area contributed by atoms with Gasteiger partial charge in [0, 0.05) is 49.5 Å². The Morgan fingerprint density at radius 3 is 2.20 bits per heavy atom. The van der Waals surface area contributed by atoms with Crippen LogP contribution in [0.1, 0.15) is 11.1 Å². The summed E-state index contributed by atoms with van der Waals surface area (Å²) in [7, 11) is -3.46. The quantitative estimate of drug-likeness (QED) is 0.630. The minimum Gasteiger partial charge on any atom is -0.352 e. The van der Waals surface area contributed by atoms with E-state index >= 15 is 0 Å². The maximum absolute atomic E-state index is 12.7. The van der Waals surface area contributed by atoms with Crippen LogP contribution in [0.3, 0.4) is 0 Å². The molecule has 0 spiro atoms. The van der Waals surface area contributed by atoms with Crippen molar-refractivity contribution in [1.29, 1.82) is 0 Å². The van der Waals surface area contributed by atoms with Gasteiger partial charge in [-0.3, -0.25) is 4.98 Å². The zero-order chi connectivity index (χ0) is 21.0. The second-order valence-electron chi connectivity index (χ2n) is 7.16. The van der Waals surface area contributed by atoms with Crippen LogP contribution in [0, 0.1) is 6.92 Å². The lowest BCUT2D eigenvalue weighted by Gasteiger charge is -2.33. The van der Waals surface area contributed by atoms with Gasteiger partial charge in [0.15, 0.2) is 5.82 Å². The first kappa shape index (κ1) is 20.2. The molecule has 0 atom stereocenters. The summed E-state index contributed by atoms with van der Waals surface area (Å²) in [5.74, 6) is 0.750. The lowest BCUT2D eigenvalue weighted by atomic mass is 10.2. The zero-order valence-electron chi connectivity index (χ0n) is 16.7. The van der Waals surface area contributed by atoms with E-state index in [1.807, 2.05) is 55.5 Å². The minimum atomic E-state index is -3.46. The van der Waals surface area contributed by atoms with Crippen LogP contribution in [0.4, 0.5) is 5.82 Å². The average molecular weight is 422 g/mol. The van der Waals surface area contributed by atoms with Gasteiger partial charge in [-0.25, -0.2) is 8.42 Å². The largest absolute Gasteiger partial charge is 0.352 e. The van der Waals surface area contributed by atoms with E-state index in [2.05, 4.69) is 20.1 Å². The molecular weight excluding hydrogens is 398 g/mol. The molecule has 154 valence electrons. The van der Waals surface area contributed by atoms with Crippen molar-refractivity contribution in [1.82, 2.24) is 19.5 Å². The van der Waals surface area contributed by atoms with Gasteiger partial charge in [0.25, 0.3) is 0 Å². The highest BCUT2D eigenvalue weighted by Gasteiger charge is 2.25. The summed E-state index contributed by atoms with van der Waals surface area (Å²) in [6.45, 7) is 3.96. The minimum absolute atomic E-state index is 0.411. The maximum atomic E-state index is 12.7. The number of aryl methyl sites for hydroxylation is 1. The summed E-state index contributed by atoms with van der Waals surface area (Å²) in [6, 6.07) is 15.4. The number of hydrogen-bond donors (Lipinski definition) is 0. The number of nitrogens with zero attached hydrogens (tertiary/aromatic N) is 5. The third-order valence-electron chi connectivity index (χ3n) is 5.06. The standard InChI is InChI=1S/C22H23N5O2S/c1-18-2-4-19(5-3-18)10-17-30(28,29)27-15-13-26(14-16-27)22-7-6-21(24-25-22)20-8-11-23-12-9-20/h2-12,17H,13-16H2,1H3. The molecule has 8 heteroatoms.